The maximum absolute atomic E-state index is 10.1. The fourth-order valence-corrected chi connectivity index (χ4v) is 2.15. The molecule has 0 saturated carbocycles. The van der Waals surface area contributed by atoms with E-state index in [2.05, 4.69) is 19.2 Å². The molecule has 0 bridgehead atoms. The molecule has 2 N–H and O–H groups in total. The van der Waals surface area contributed by atoms with Gasteiger partial charge in [-0.3, -0.25) is 0 Å². The van der Waals surface area contributed by atoms with E-state index in [-0.39, 0.29) is 4.75 Å². The zero-order chi connectivity index (χ0) is 9.19. The van der Waals surface area contributed by atoms with E-state index in [9.17, 15) is 4.79 Å². The lowest BCUT2D eigenvalue weighted by Gasteiger charge is -2.43. The van der Waals surface area contributed by atoms with Gasteiger partial charge in [0.25, 0.3) is 0 Å². The minimum Gasteiger partial charge on any atom is -0.478 e. The number of carboxylic acids is 1. The number of thioether (sulfide) groups is 1. The molecule has 0 spiro atoms. The average Bonchev–Trinajstić information content (AvgIpc) is 1.95. The van der Waals surface area contributed by atoms with Crippen LogP contribution in [0.4, 0.5) is 0 Å². The van der Waals surface area contributed by atoms with Crippen molar-refractivity contribution in [2.24, 2.45) is 0 Å². The summed E-state index contributed by atoms with van der Waals surface area (Å²) < 4.78 is 0.239. The van der Waals surface area contributed by atoms with E-state index < -0.39 is 5.97 Å². The topological polar surface area (TPSA) is 49.3 Å². The Morgan fingerprint density at radius 3 is 2.75 bits per heavy atom. The Morgan fingerprint density at radius 2 is 2.42 bits per heavy atom. The quantitative estimate of drug-likeness (QED) is 0.649. The van der Waals surface area contributed by atoms with Crippen LogP contribution in [0.15, 0.2) is 12.3 Å². The van der Waals surface area contributed by atoms with Crippen LogP contribution in [-0.2, 0) is 4.79 Å². The number of hydrogen-bond acceptors (Lipinski definition) is 3. The number of nitrogens with one attached hydrogen (secondary N) is 1. The van der Waals surface area contributed by atoms with E-state index in [1.54, 1.807) is 0 Å². The number of aliphatic carboxylic acids is 1. The van der Waals surface area contributed by atoms with Gasteiger partial charge in [-0.25, -0.2) is 4.79 Å². The fourth-order valence-electron chi connectivity index (χ4n) is 0.984. The summed E-state index contributed by atoms with van der Waals surface area (Å²) in [6, 6.07) is 0.401. The Labute approximate surface area is 76.2 Å². The van der Waals surface area contributed by atoms with Crippen molar-refractivity contribution >= 4 is 17.7 Å². The van der Waals surface area contributed by atoms with Gasteiger partial charge in [0, 0.05) is 28.8 Å². The van der Waals surface area contributed by atoms with Crippen LogP contribution in [0.25, 0.3) is 0 Å². The third kappa shape index (κ3) is 2.17. The molecule has 1 unspecified atom stereocenters. The molecule has 0 aliphatic carbocycles. The minimum atomic E-state index is -0.910. The van der Waals surface area contributed by atoms with Crippen molar-refractivity contribution in [3.63, 3.8) is 0 Å². The minimum absolute atomic E-state index is 0.239. The summed E-state index contributed by atoms with van der Waals surface area (Å²) in [5.41, 5.74) is 0. The first-order valence-corrected chi connectivity index (χ1v) is 4.80. The molecule has 0 aromatic carbocycles. The van der Waals surface area contributed by atoms with Crippen LogP contribution in [-0.4, -0.2) is 27.6 Å². The second-order valence-corrected chi connectivity index (χ2v) is 4.98. The first kappa shape index (κ1) is 9.45. The third-order valence-corrected chi connectivity index (χ3v) is 3.51. The molecule has 0 radical (unpaired) electrons. The van der Waals surface area contributed by atoms with Crippen molar-refractivity contribution in [3.05, 3.63) is 12.3 Å². The monoisotopic (exact) mass is 187 g/mol. The molecule has 1 aliphatic rings. The van der Waals surface area contributed by atoms with Crippen LogP contribution in [0.2, 0.25) is 0 Å². The highest BCUT2D eigenvalue weighted by atomic mass is 32.2. The molecule has 3 nitrogen and oxygen atoms in total. The van der Waals surface area contributed by atoms with E-state index >= 15 is 0 Å². The number of carboxylic acid groups (broad SMARTS) is 1. The van der Waals surface area contributed by atoms with Gasteiger partial charge in [-0.15, -0.1) is 0 Å². The molecule has 0 aromatic rings. The highest BCUT2D eigenvalue weighted by Crippen LogP contribution is 2.39. The van der Waals surface area contributed by atoms with Crippen molar-refractivity contribution in [3.8, 4) is 0 Å². The predicted octanol–water partition coefficient (Wildman–Crippen LogP) is 1.07. The highest BCUT2D eigenvalue weighted by Gasteiger charge is 2.38. The van der Waals surface area contributed by atoms with E-state index in [4.69, 9.17) is 5.11 Å². The average molecular weight is 187 g/mol. The Morgan fingerprint density at radius 1 is 1.75 bits per heavy atom. The van der Waals surface area contributed by atoms with Crippen LogP contribution >= 0.6 is 11.8 Å². The van der Waals surface area contributed by atoms with Gasteiger partial charge in [0.1, 0.15) is 0 Å². The van der Waals surface area contributed by atoms with Crippen LogP contribution < -0.4 is 5.32 Å². The zero-order valence-electron chi connectivity index (χ0n) is 7.20. The zero-order valence-corrected chi connectivity index (χ0v) is 8.02. The molecule has 0 aromatic heterocycles. The van der Waals surface area contributed by atoms with E-state index in [1.165, 1.54) is 6.20 Å². The van der Waals surface area contributed by atoms with Gasteiger partial charge in [-0.1, -0.05) is 0 Å². The van der Waals surface area contributed by atoms with Gasteiger partial charge in [0.05, 0.1) is 0 Å². The number of rotatable bonds is 3. The molecular weight excluding hydrogens is 174 g/mol. The number of carbonyl (C=O) groups is 1. The molecule has 1 saturated heterocycles. The lowest BCUT2D eigenvalue weighted by Crippen LogP contribution is -2.52. The maximum atomic E-state index is 10.1. The SMILES string of the molecule is CC1(C)SCC1N/C=C/C(=O)O. The summed E-state index contributed by atoms with van der Waals surface area (Å²) in [5.74, 6) is 0.143. The van der Waals surface area contributed by atoms with Crippen LogP contribution in [0, 0.1) is 0 Å². The standard InChI is InChI=1S/C8H13NO2S/c1-8(2)6(5-12-8)9-4-3-7(10)11/h3-4,6,9H,5H2,1-2H3,(H,10,11)/b4-3+. The van der Waals surface area contributed by atoms with Crippen LogP contribution in [0.1, 0.15) is 13.8 Å². The molecule has 1 fully saturated rings. The van der Waals surface area contributed by atoms with Gasteiger partial charge in [0.15, 0.2) is 0 Å². The van der Waals surface area contributed by atoms with Crippen LogP contribution in [0.5, 0.6) is 0 Å². The Hall–Kier alpha value is -0.640. The smallest absolute Gasteiger partial charge is 0.329 e. The van der Waals surface area contributed by atoms with Crippen molar-refractivity contribution in [1.82, 2.24) is 5.32 Å². The van der Waals surface area contributed by atoms with Crippen molar-refractivity contribution in [1.29, 1.82) is 0 Å². The van der Waals surface area contributed by atoms with Gasteiger partial charge in [-0.05, 0) is 13.8 Å². The van der Waals surface area contributed by atoms with Gasteiger partial charge in [0.2, 0.25) is 0 Å². The normalized spacial score (nSPS) is 26.7. The lowest BCUT2D eigenvalue weighted by molar-refractivity contribution is -0.131. The summed E-state index contributed by atoms with van der Waals surface area (Å²) in [6.07, 6.45) is 2.63. The molecular formula is C8H13NO2S. The molecule has 1 atom stereocenters. The Balaban J connectivity index is 2.29. The Bertz CT molecular complexity index is 213. The molecule has 0 amide bonds. The summed E-state index contributed by atoms with van der Waals surface area (Å²) in [4.78, 5) is 10.1. The summed E-state index contributed by atoms with van der Waals surface area (Å²) in [5, 5.41) is 11.4. The first-order chi connectivity index (χ1) is 5.52. The molecule has 1 aliphatic heterocycles. The predicted molar refractivity (Wildman–Crippen MR) is 50.2 cm³/mol. The molecule has 4 heteroatoms. The Kier molecular flexibility index (Phi) is 2.67. The van der Waals surface area contributed by atoms with Gasteiger partial charge in [-0.2, -0.15) is 11.8 Å². The molecule has 1 rings (SSSR count). The third-order valence-electron chi connectivity index (χ3n) is 1.98. The van der Waals surface area contributed by atoms with Crippen molar-refractivity contribution in [2.45, 2.75) is 24.6 Å². The largest absolute Gasteiger partial charge is 0.478 e. The van der Waals surface area contributed by atoms with Crippen molar-refractivity contribution in [2.75, 3.05) is 5.75 Å². The molecule has 1 heterocycles. The fraction of sp³-hybridized carbons (Fsp3) is 0.625. The summed E-state index contributed by atoms with van der Waals surface area (Å²) >= 11 is 1.89. The van der Waals surface area contributed by atoms with E-state index in [1.807, 2.05) is 11.8 Å². The summed E-state index contributed by atoms with van der Waals surface area (Å²) in [7, 11) is 0. The molecule has 68 valence electrons. The highest BCUT2D eigenvalue weighted by molar-refractivity contribution is 8.02. The van der Waals surface area contributed by atoms with Crippen LogP contribution in [0.3, 0.4) is 0 Å². The number of hydrogen-bond donors (Lipinski definition) is 2. The second kappa shape index (κ2) is 3.39. The van der Waals surface area contributed by atoms with Gasteiger partial charge < -0.3 is 10.4 Å². The molecule has 12 heavy (non-hydrogen) atoms. The van der Waals surface area contributed by atoms with Crippen molar-refractivity contribution < 1.29 is 9.90 Å². The van der Waals surface area contributed by atoms with E-state index in [0.717, 1.165) is 11.8 Å². The maximum Gasteiger partial charge on any atom is 0.329 e. The summed E-state index contributed by atoms with van der Waals surface area (Å²) in [6.45, 7) is 4.29. The van der Waals surface area contributed by atoms with E-state index in [0.29, 0.717) is 6.04 Å². The van der Waals surface area contributed by atoms with Gasteiger partial charge >= 0.3 is 5.97 Å². The lowest BCUT2D eigenvalue weighted by atomic mass is 10.0. The second-order valence-electron chi connectivity index (χ2n) is 3.31. The first-order valence-electron chi connectivity index (χ1n) is 3.82.